The van der Waals surface area contributed by atoms with Crippen molar-refractivity contribution in [1.29, 1.82) is 0 Å². The van der Waals surface area contributed by atoms with E-state index in [9.17, 15) is 19.1 Å². The molecule has 7 atom stereocenters. The van der Waals surface area contributed by atoms with Crippen LogP contribution in [0.1, 0.15) is 46.0 Å². The summed E-state index contributed by atoms with van der Waals surface area (Å²) < 4.78 is 29.7. The largest absolute Gasteiger partial charge is 0.390 e. The summed E-state index contributed by atoms with van der Waals surface area (Å²) in [6.45, 7) is 2.71. The summed E-state index contributed by atoms with van der Waals surface area (Å²) >= 11 is 0. The smallest absolute Gasteiger partial charge is 0.178 e. The first-order valence-corrected chi connectivity index (χ1v) is 9.58. The van der Waals surface area contributed by atoms with Gasteiger partial charge >= 0.3 is 0 Å². The summed E-state index contributed by atoms with van der Waals surface area (Å²) in [4.78, 5) is 23.9. The van der Waals surface area contributed by atoms with Gasteiger partial charge in [0.1, 0.15) is 6.67 Å². The first kappa shape index (κ1) is 18.0. The van der Waals surface area contributed by atoms with E-state index in [1.54, 1.807) is 13.0 Å². The summed E-state index contributed by atoms with van der Waals surface area (Å²) in [5.41, 5.74) is -2.69. The molecule has 0 spiro atoms. The van der Waals surface area contributed by atoms with Crippen molar-refractivity contribution in [3.8, 4) is 0 Å². The van der Waals surface area contributed by atoms with Crippen molar-refractivity contribution in [3.63, 3.8) is 0 Å². The van der Waals surface area contributed by atoms with Crippen LogP contribution in [0.15, 0.2) is 23.8 Å². The number of aliphatic hydroxyl groups excluding tert-OH is 1. The van der Waals surface area contributed by atoms with E-state index in [0.29, 0.717) is 25.7 Å². The highest BCUT2D eigenvalue weighted by Gasteiger charge is 2.70. The molecule has 1 N–H and O–H groups in total. The highest BCUT2D eigenvalue weighted by atomic mass is 19.1. The van der Waals surface area contributed by atoms with E-state index in [0.717, 1.165) is 5.57 Å². The molecule has 0 aliphatic heterocycles. The van der Waals surface area contributed by atoms with Crippen molar-refractivity contribution in [1.82, 2.24) is 0 Å². The minimum absolute atomic E-state index is 0.0548. The number of carbonyl (C=O) groups is 2. The maximum Gasteiger partial charge on any atom is 0.178 e. The number of ketones is 2. The Labute approximate surface area is 152 Å². The van der Waals surface area contributed by atoms with E-state index in [2.05, 4.69) is 0 Å². The monoisotopic (exact) mass is 364 g/mol. The second-order valence-corrected chi connectivity index (χ2v) is 9.08. The standard InChI is InChI=1S/C21H26F2O3/c1-19-10-18(26)21(23)15(14(19)5-6-16(19)17(25)11-22)4-3-12-9-13(24)7-8-20(12,21)2/h7-9,14-16,18,26H,3-6,10-11H2,1-2H3/t14?,15?,16?,18?,19?,20?,21-/m0/s1. The topological polar surface area (TPSA) is 54.4 Å². The van der Waals surface area contributed by atoms with Crippen LogP contribution in [-0.4, -0.2) is 35.1 Å². The zero-order valence-corrected chi connectivity index (χ0v) is 15.3. The van der Waals surface area contributed by atoms with Gasteiger partial charge in [0.2, 0.25) is 0 Å². The van der Waals surface area contributed by atoms with Gasteiger partial charge in [0.15, 0.2) is 17.2 Å². The third-order valence-corrected chi connectivity index (χ3v) is 8.16. The molecule has 0 radical (unpaired) electrons. The van der Waals surface area contributed by atoms with Gasteiger partial charge in [-0.2, -0.15) is 0 Å². The molecular formula is C21H26F2O3. The van der Waals surface area contributed by atoms with Crippen LogP contribution >= 0.6 is 0 Å². The molecule has 3 nitrogen and oxygen atoms in total. The fourth-order valence-electron chi connectivity index (χ4n) is 6.83. The molecule has 0 aromatic carbocycles. The van der Waals surface area contributed by atoms with Crippen molar-refractivity contribution >= 4 is 11.6 Å². The van der Waals surface area contributed by atoms with Gasteiger partial charge in [0, 0.05) is 17.3 Å². The quantitative estimate of drug-likeness (QED) is 0.816. The van der Waals surface area contributed by atoms with E-state index >= 15 is 4.39 Å². The lowest BCUT2D eigenvalue weighted by Crippen LogP contribution is -2.66. The molecule has 3 saturated carbocycles. The van der Waals surface area contributed by atoms with Crippen molar-refractivity contribution in [2.24, 2.45) is 28.6 Å². The Bertz CT molecular complexity index is 729. The van der Waals surface area contributed by atoms with Crippen LogP contribution in [0, 0.1) is 28.6 Å². The first-order chi connectivity index (χ1) is 12.2. The van der Waals surface area contributed by atoms with E-state index in [4.69, 9.17) is 0 Å². The average molecular weight is 364 g/mol. The minimum atomic E-state index is -1.87. The van der Waals surface area contributed by atoms with Crippen LogP contribution in [0.2, 0.25) is 0 Å². The number of aliphatic hydroxyl groups is 1. The van der Waals surface area contributed by atoms with Gasteiger partial charge in [-0.1, -0.05) is 18.6 Å². The fraction of sp³-hybridized carbons (Fsp3) is 0.714. The average Bonchev–Trinajstić information content (AvgIpc) is 2.93. The van der Waals surface area contributed by atoms with Gasteiger partial charge in [-0.3, -0.25) is 9.59 Å². The Morgan fingerprint density at radius 1 is 1.27 bits per heavy atom. The zero-order valence-electron chi connectivity index (χ0n) is 15.3. The van der Waals surface area contributed by atoms with Gasteiger partial charge in [0.25, 0.3) is 0 Å². The molecule has 3 fully saturated rings. The summed E-state index contributed by atoms with van der Waals surface area (Å²) in [6.07, 6.45) is 5.88. The number of allylic oxidation sites excluding steroid dienone is 4. The summed E-state index contributed by atoms with van der Waals surface area (Å²) in [7, 11) is 0. The lowest BCUT2D eigenvalue weighted by Gasteiger charge is -2.61. The van der Waals surface area contributed by atoms with E-state index in [-0.39, 0.29) is 18.1 Å². The fourth-order valence-corrected chi connectivity index (χ4v) is 6.83. The number of hydrogen-bond acceptors (Lipinski definition) is 3. The highest BCUT2D eigenvalue weighted by Crippen LogP contribution is 2.68. The van der Waals surface area contributed by atoms with Crippen LogP contribution in [0.3, 0.4) is 0 Å². The Morgan fingerprint density at radius 2 is 2.00 bits per heavy atom. The van der Waals surface area contributed by atoms with Gasteiger partial charge in [-0.25, -0.2) is 8.78 Å². The Morgan fingerprint density at radius 3 is 2.69 bits per heavy atom. The number of alkyl halides is 2. The first-order valence-electron chi connectivity index (χ1n) is 9.58. The van der Waals surface area contributed by atoms with E-state index < -0.39 is 46.9 Å². The molecule has 0 bridgehead atoms. The summed E-state index contributed by atoms with van der Waals surface area (Å²) in [6, 6.07) is 0. The van der Waals surface area contributed by atoms with Crippen molar-refractivity contribution < 1.29 is 23.5 Å². The number of halogens is 2. The van der Waals surface area contributed by atoms with Gasteiger partial charge in [-0.15, -0.1) is 0 Å². The van der Waals surface area contributed by atoms with Crippen LogP contribution < -0.4 is 0 Å². The molecule has 0 aromatic heterocycles. The molecule has 26 heavy (non-hydrogen) atoms. The summed E-state index contributed by atoms with van der Waals surface area (Å²) in [5, 5.41) is 11.0. The summed E-state index contributed by atoms with van der Waals surface area (Å²) in [5.74, 6) is -1.44. The maximum atomic E-state index is 16.7. The number of Topliss-reactive ketones (excluding diaryl/α,β-unsaturated/α-hetero) is 1. The number of hydrogen-bond donors (Lipinski definition) is 1. The Kier molecular flexibility index (Phi) is 3.86. The molecule has 6 unspecified atom stereocenters. The zero-order chi connectivity index (χ0) is 18.9. The Hall–Kier alpha value is -1.36. The van der Waals surface area contributed by atoms with Crippen LogP contribution in [0.5, 0.6) is 0 Å². The van der Waals surface area contributed by atoms with Crippen LogP contribution in [0.25, 0.3) is 0 Å². The van der Waals surface area contributed by atoms with Crippen molar-refractivity contribution in [2.45, 2.75) is 57.7 Å². The van der Waals surface area contributed by atoms with E-state index in [1.807, 2.05) is 6.92 Å². The molecule has 0 amide bonds. The molecule has 0 heterocycles. The van der Waals surface area contributed by atoms with Crippen molar-refractivity contribution in [3.05, 3.63) is 23.8 Å². The molecule has 142 valence electrons. The Balaban J connectivity index is 1.78. The van der Waals surface area contributed by atoms with Gasteiger partial charge in [0.05, 0.1) is 6.10 Å². The third-order valence-electron chi connectivity index (χ3n) is 8.16. The number of rotatable bonds is 2. The molecule has 5 heteroatoms. The van der Waals surface area contributed by atoms with Gasteiger partial charge < -0.3 is 5.11 Å². The molecule has 0 aromatic rings. The van der Waals surface area contributed by atoms with E-state index in [1.165, 1.54) is 12.2 Å². The van der Waals surface area contributed by atoms with Crippen molar-refractivity contribution in [2.75, 3.05) is 6.67 Å². The second-order valence-electron chi connectivity index (χ2n) is 9.08. The number of carbonyl (C=O) groups excluding carboxylic acids is 2. The molecule has 4 rings (SSSR count). The minimum Gasteiger partial charge on any atom is -0.390 e. The number of fused-ring (bicyclic) bond motifs is 5. The molecule has 4 aliphatic rings. The lowest BCUT2D eigenvalue weighted by molar-refractivity contribution is -0.195. The normalized spacial score (nSPS) is 49.9. The molecular weight excluding hydrogens is 338 g/mol. The maximum absolute atomic E-state index is 16.7. The highest BCUT2D eigenvalue weighted by molar-refractivity contribution is 6.01. The van der Waals surface area contributed by atoms with Crippen LogP contribution in [0.4, 0.5) is 8.78 Å². The molecule has 0 saturated heterocycles. The predicted molar refractivity (Wildman–Crippen MR) is 92.8 cm³/mol. The third kappa shape index (κ3) is 2.01. The van der Waals surface area contributed by atoms with Crippen LogP contribution in [-0.2, 0) is 9.59 Å². The SMILES string of the molecule is CC12CC(O)[C@@]3(F)C(CCC4=CC(=O)C=CC43C)C1CCC2C(=O)CF. The molecule has 4 aliphatic carbocycles. The van der Waals surface area contributed by atoms with Gasteiger partial charge in [-0.05, 0) is 62.5 Å². The second kappa shape index (κ2) is 5.57. The predicted octanol–water partition coefficient (Wildman–Crippen LogP) is 3.51. The lowest BCUT2D eigenvalue weighted by atomic mass is 9.45.